The molecular weight excluding hydrogens is 214 g/mol. The second-order valence-electron chi connectivity index (χ2n) is 5.53. The Labute approximate surface area is 104 Å². The van der Waals surface area contributed by atoms with Gasteiger partial charge in [0.15, 0.2) is 5.76 Å². The Morgan fingerprint density at radius 1 is 1.35 bits per heavy atom. The SMILES string of the molecule is Cc1cc(COC2CCC(C(C)C)CC2)on1. The Kier molecular flexibility index (Phi) is 4.21. The van der Waals surface area contributed by atoms with Crippen molar-refractivity contribution in [2.24, 2.45) is 11.8 Å². The number of ether oxygens (including phenoxy) is 1. The standard InChI is InChI=1S/C14H23NO2/c1-10(2)12-4-6-13(7-5-12)16-9-14-8-11(3)15-17-14/h8,10,12-13H,4-7,9H2,1-3H3. The maximum Gasteiger partial charge on any atom is 0.162 e. The molecule has 1 heterocycles. The molecule has 2 rings (SSSR count). The molecule has 0 spiro atoms. The first-order valence-corrected chi connectivity index (χ1v) is 6.69. The molecule has 0 N–H and O–H groups in total. The summed E-state index contributed by atoms with van der Waals surface area (Å²) in [6.45, 7) is 7.14. The molecule has 1 aromatic heterocycles. The Hall–Kier alpha value is -0.830. The minimum absolute atomic E-state index is 0.412. The van der Waals surface area contributed by atoms with E-state index in [1.807, 2.05) is 13.0 Å². The molecule has 1 fully saturated rings. The van der Waals surface area contributed by atoms with Crippen LogP contribution in [0.25, 0.3) is 0 Å². The van der Waals surface area contributed by atoms with Gasteiger partial charge in [0.05, 0.1) is 11.8 Å². The summed E-state index contributed by atoms with van der Waals surface area (Å²) in [6.07, 6.45) is 5.40. The first-order chi connectivity index (χ1) is 8.15. The predicted molar refractivity (Wildman–Crippen MR) is 66.6 cm³/mol. The average molecular weight is 237 g/mol. The number of aryl methyl sites for hydroxylation is 1. The third kappa shape index (κ3) is 3.56. The molecule has 0 saturated heterocycles. The minimum atomic E-state index is 0.412. The van der Waals surface area contributed by atoms with Crippen molar-refractivity contribution >= 4 is 0 Å². The van der Waals surface area contributed by atoms with Crippen molar-refractivity contribution < 1.29 is 9.26 Å². The monoisotopic (exact) mass is 237 g/mol. The maximum atomic E-state index is 5.88. The smallest absolute Gasteiger partial charge is 0.162 e. The first-order valence-electron chi connectivity index (χ1n) is 6.69. The molecule has 3 heteroatoms. The van der Waals surface area contributed by atoms with Gasteiger partial charge >= 0.3 is 0 Å². The van der Waals surface area contributed by atoms with Crippen LogP contribution in [0.3, 0.4) is 0 Å². The van der Waals surface area contributed by atoms with Crippen molar-refractivity contribution in [3.05, 3.63) is 17.5 Å². The van der Waals surface area contributed by atoms with Crippen molar-refractivity contribution in [3.63, 3.8) is 0 Å². The molecule has 0 atom stereocenters. The molecule has 17 heavy (non-hydrogen) atoms. The molecule has 96 valence electrons. The number of nitrogens with zero attached hydrogens (tertiary/aromatic N) is 1. The molecule has 0 aliphatic heterocycles. The lowest BCUT2D eigenvalue weighted by Gasteiger charge is -2.30. The summed E-state index contributed by atoms with van der Waals surface area (Å²) in [5.41, 5.74) is 0.923. The Morgan fingerprint density at radius 2 is 2.06 bits per heavy atom. The highest BCUT2D eigenvalue weighted by Gasteiger charge is 2.23. The Bertz CT molecular complexity index is 338. The molecule has 0 unspecified atom stereocenters. The van der Waals surface area contributed by atoms with Crippen LogP contribution in [0.2, 0.25) is 0 Å². The Balaban J connectivity index is 1.71. The van der Waals surface area contributed by atoms with Gasteiger partial charge in [0.25, 0.3) is 0 Å². The molecule has 0 radical (unpaired) electrons. The topological polar surface area (TPSA) is 35.3 Å². The predicted octanol–water partition coefficient (Wildman–Crippen LogP) is 3.71. The highest BCUT2D eigenvalue weighted by atomic mass is 16.5. The van der Waals surface area contributed by atoms with Crippen molar-refractivity contribution in [3.8, 4) is 0 Å². The summed E-state index contributed by atoms with van der Waals surface area (Å²) in [5, 5.41) is 3.86. The van der Waals surface area contributed by atoms with E-state index < -0.39 is 0 Å². The number of rotatable bonds is 4. The van der Waals surface area contributed by atoms with Crippen LogP contribution in [0.1, 0.15) is 51.0 Å². The molecule has 0 bridgehead atoms. The summed E-state index contributed by atoms with van der Waals surface area (Å²) in [4.78, 5) is 0. The zero-order chi connectivity index (χ0) is 12.3. The van der Waals surface area contributed by atoms with Gasteiger partial charge in [-0.25, -0.2) is 0 Å². The summed E-state index contributed by atoms with van der Waals surface area (Å²) in [6, 6.07) is 1.94. The molecule has 1 aromatic rings. The van der Waals surface area contributed by atoms with E-state index in [0.717, 1.165) is 23.3 Å². The summed E-state index contributed by atoms with van der Waals surface area (Å²) >= 11 is 0. The van der Waals surface area contributed by atoms with E-state index in [1.54, 1.807) is 0 Å². The molecule has 1 saturated carbocycles. The van der Waals surface area contributed by atoms with Crippen molar-refractivity contribution in [2.45, 2.75) is 59.2 Å². The van der Waals surface area contributed by atoms with Gasteiger partial charge < -0.3 is 9.26 Å². The van der Waals surface area contributed by atoms with Gasteiger partial charge in [-0.2, -0.15) is 0 Å². The van der Waals surface area contributed by atoms with E-state index in [4.69, 9.17) is 9.26 Å². The molecular formula is C14H23NO2. The van der Waals surface area contributed by atoms with Crippen LogP contribution >= 0.6 is 0 Å². The second-order valence-corrected chi connectivity index (χ2v) is 5.53. The molecule has 1 aliphatic rings. The number of hydrogen-bond donors (Lipinski definition) is 0. The van der Waals surface area contributed by atoms with Gasteiger partial charge in [-0.05, 0) is 44.4 Å². The van der Waals surface area contributed by atoms with Crippen LogP contribution in [0.15, 0.2) is 10.6 Å². The Morgan fingerprint density at radius 3 is 2.59 bits per heavy atom. The lowest BCUT2D eigenvalue weighted by molar-refractivity contribution is -0.00618. The number of aromatic nitrogens is 1. The maximum absolute atomic E-state index is 5.88. The van der Waals surface area contributed by atoms with Crippen LogP contribution in [-0.2, 0) is 11.3 Å². The fourth-order valence-electron chi connectivity index (χ4n) is 2.61. The first kappa shape index (κ1) is 12.6. The second kappa shape index (κ2) is 5.67. The van der Waals surface area contributed by atoms with E-state index >= 15 is 0 Å². The van der Waals surface area contributed by atoms with E-state index in [-0.39, 0.29) is 0 Å². The highest BCUT2D eigenvalue weighted by Crippen LogP contribution is 2.31. The molecule has 0 amide bonds. The molecule has 1 aliphatic carbocycles. The summed E-state index contributed by atoms with van der Waals surface area (Å²) in [5.74, 6) is 2.55. The van der Waals surface area contributed by atoms with Gasteiger partial charge in [-0.1, -0.05) is 19.0 Å². The van der Waals surface area contributed by atoms with Crippen molar-refractivity contribution in [2.75, 3.05) is 0 Å². The fraction of sp³-hybridized carbons (Fsp3) is 0.786. The van der Waals surface area contributed by atoms with E-state index in [1.165, 1.54) is 25.7 Å². The van der Waals surface area contributed by atoms with Gasteiger partial charge in [0, 0.05) is 6.07 Å². The third-order valence-electron chi connectivity index (χ3n) is 3.80. The quantitative estimate of drug-likeness (QED) is 0.800. The van der Waals surface area contributed by atoms with Gasteiger partial charge in [-0.15, -0.1) is 0 Å². The molecule has 0 aromatic carbocycles. The van der Waals surface area contributed by atoms with Gasteiger partial charge in [0.1, 0.15) is 6.61 Å². The average Bonchev–Trinajstić information content (AvgIpc) is 2.73. The summed E-state index contributed by atoms with van der Waals surface area (Å²) in [7, 11) is 0. The number of hydrogen-bond acceptors (Lipinski definition) is 3. The largest absolute Gasteiger partial charge is 0.370 e. The minimum Gasteiger partial charge on any atom is -0.370 e. The third-order valence-corrected chi connectivity index (χ3v) is 3.80. The van der Waals surface area contributed by atoms with E-state index in [2.05, 4.69) is 19.0 Å². The molecule has 3 nitrogen and oxygen atoms in total. The zero-order valence-corrected chi connectivity index (χ0v) is 11.1. The van der Waals surface area contributed by atoms with E-state index in [0.29, 0.717) is 12.7 Å². The van der Waals surface area contributed by atoms with Crippen molar-refractivity contribution in [1.29, 1.82) is 0 Å². The van der Waals surface area contributed by atoms with Crippen LogP contribution < -0.4 is 0 Å². The van der Waals surface area contributed by atoms with Gasteiger partial charge in [-0.3, -0.25) is 0 Å². The highest BCUT2D eigenvalue weighted by molar-refractivity contribution is 5.01. The normalized spacial score (nSPS) is 25.4. The van der Waals surface area contributed by atoms with E-state index in [9.17, 15) is 0 Å². The fourth-order valence-corrected chi connectivity index (χ4v) is 2.61. The van der Waals surface area contributed by atoms with Crippen LogP contribution in [-0.4, -0.2) is 11.3 Å². The van der Waals surface area contributed by atoms with Gasteiger partial charge in [0.2, 0.25) is 0 Å². The zero-order valence-electron chi connectivity index (χ0n) is 11.1. The van der Waals surface area contributed by atoms with Crippen LogP contribution in [0.5, 0.6) is 0 Å². The lowest BCUT2D eigenvalue weighted by atomic mass is 9.80. The van der Waals surface area contributed by atoms with Crippen molar-refractivity contribution in [1.82, 2.24) is 5.16 Å². The van der Waals surface area contributed by atoms with Crippen LogP contribution in [0.4, 0.5) is 0 Å². The summed E-state index contributed by atoms with van der Waals surface area (Å²) < 4.78 is 11.0. The van der Waals surface area contributed by atoms with Crippen LogP contribution in [0, 0.1) is 18.8 Å². The lowest BCUT2D eigenvalue weighted by Crippen LogP contribution is -2.24.